The summed E-state index contributed by atoms with van der Waals surface area (Å²) in [6.45, 7) is 1.92. The van der Waals surface area contributed by atoms with E-state index in [1.807, 2.05) is 19.1 Å². The first-order valence-corrected chi connectivity index (χ1v) is 8.02. The summed E-state index contributed by atoms with van der Waals surface area (Å²) < 4.78 is 1.66. The zero-order valence-corrected chi connectivity index (χ0v) is 14.8. The van der Waals surface area contributed by atoms with E-state index >= 15 is 0 Å². The Bertz CT molecular complexity index is 843. The lowest BCUT2D eigenvalue weighted by atomic mass is 9.97. The van der Waals surface area contributed by atoms with Crippen molar-refractivity contribution in [3.05, 3.63) is 34.0 Å². The predicted molar refractivity (Wildman–Crippen MR) is 96.0 cm³/mol. The van der Waals surface area contributed by atoms with E-state index in [4.69, 9.17) is 29.6 Å². The van der Waals surface area contributed by atoms with Gasteiger partial charge in [0.15, 0.2) is 0 Å². The fourth-order valence-corrected chi connectivity index (χ4v) is 3.63. The van der Waals surface area contributed by atoms with E-state index in [0.29, 0.717) is 28.5 Å². The van der Waals surface area contributed by atoms with Crippen LogP contribution in [0.3, 0.4) is 0 Å². The molecule has 1 amide bonds. The van der Waals surface area contributed by atoms with Gasteiger partial charge < -0.3 is 10.6 Å². The molecule has 1 aromatic carbocycles. The van der Waals surface area contributed by atoms with E-state index in [1.165, 1.54) is 0 Å². The van der Waals surface area contributed by atoms with Gasteiger partial charge >= 0.3 is 0 Å². The van der Waals surface area contributed by atoms with Gasteiger partial charge in [-0.25, -0.2) is 0 Å². The number of aromatic nitrogens is 2. The van der Waals surface area contributed by atoms with Gasteiger partial charge in [0.1, 0.15) is 4.99 Å². The van der Waals surface area contributed by atoms with Crippen molar-refractivity contribution >= 4 is 40.4 Å². The summed E-state index contributed by atoms with van der Waals surface area (Å²) in [5.74, 6) is 0.104. The number of hydrogen-bond donors (Lipinski definition) is 1. The van der Waals surface area contributed by atoms with E-state index in [2.05, 4.69) is 5.10 Å². The highest BCUT2D eigenvalue weighted by Gasteiger charge is 2.25. The van der Waals surface area contributed by atoms with Crippen molar-refractivity contribution in [1.82, 2.24) is 9.78 Å². The molecule has 0 saturated heterocycles. The number of halogens is 1. The minimum absolute atomic E-state index is 0.104. The Balaban J connectivity index is 2.20. The van der Waals surface area contributed by atoms with Crippen molar-refractivity contribution in [3.8, 4) is 11.3 Å². The van der Waals surface area contributed by atoms with Crippen molar-refractivity contribution < 1.29 is 4.79 Å². The highest BCUT2D eigenvalue weighted by molar-refractivity contribution is 7.80. The molecule has 2 heterocycles. The summed E-state index contributed by atoms with van der Waals surface area (Å²) in [4.78, 5) is 13.9. The Morgan fingerprint density at radius 2 is 2.04 bits per heavy atom. The molecule has 1 aliphatic heterocycles. The third-order valence-electron chi connectivity index (χ3n) is 4.28. The van der Waals surface area contributed by atoms with Crippen LogP contribution < -0.4 is 10.6 Å². The molecule has 0 atom stereocenters. The van der Waals surface area contributed by atoms with Crippen LogP contribution in [0.15, 0.2) is 12.1 Å². The lowest BCUT2D eigenvalue weighted by Gasteiger charge is -2.26. The SMILES string of the molecule is Cc1c(-c2cc3c(cc2Cl)CCC(=O)N3C)nn(C)c1C(N)=S. The number of amides is 1. The summed E-state index contributed by atoms with van der Waals surface area (Å²) >= 11 is 11.6. The Hall–Kier alpha value is -1.92. The van der Waals surface area contributed by atoms with Crippen LogP contribution in [0.5, 0.6) is 0 Å². The molecular formula is C16H17ClN4OS. The summed E-state index contributed by atoms with van der Waals surface area (Å²) in [5, 5.41) is 5.13. The number of benzene rings is 1. The molecular weight excluding hydrogens is 332 g/mol. The first kappa shape index (κ1) is 16.0. The minimum atomic E-state index is 0.104. The van der Waals surface area contributed by atoms with E-state index < -0.39 is 0 Å². The van der Waals surface area contributed by atoms with Gasteiger partial charge in [0, 0.05) is 37.3 Å². The monoisotopic (exact) mass is 348 g/mol. The number of aryl methyl sites for hydroxylation is 2. The molecule has 0 unspecified atom stereocenters. The van der Waals surface area contributed by atoms with Crippen LogP contribution in [0.1, 0.15) is 23.2 Å². The van der Waals surface area contributed by atoms with Gasteiger partial charge in [0.2, 0.25) is 5.91 Å². The fourth-order valence-electron chi connectivity index (χ4n) is 3.07. The van der Waals surface area contributed by atoms with E-state index in [-0.39, 0.29) is 5.91 Å². The second-order valence-corrected chi connectivity index (χ2v) is 6.57. The van der Waals surface area contributed by atoms with Gasteiger partial charge in [0.05, 0.1) is 16.4 Å². The van der Waals surface area contributed by atoms with Crippen LogP contribution in [0.4, 0.5) is 5.69 Å². The molecule has 0 radical (unpaired) electrons. The Morgan fingerprint density at radius 3 is 2.65 bits per heavy atom. The fraction of sp³-hybridized carbons (Fsp3) is 0.312. The van der Waals surface area contributed by atoms with Crippen LogP contribution >= 0.6 is 23.8 Å². The highest BCUT2D eigenvalue weighted by Crippen LogP contribution is 2.38. The molecule has 2 N–H and O–H groups in total. The number of hydrogen-bond acceptors (Lipinski definition) is 3. The number of nitrogens with zero attached hydrogens (tertiary/aromatic N) is 3. The molecule has 5 nitrogen and oxygen atoms in total. The van der Waals surface area contributed by atoms with Crippen molar-refractivity contribution in [2.24, 2.45) is 12.8 Å². The third-order valence-corrected chi connectivity index (χ3v) is 4.79. The molecule has 7 heteroatoms. The Kier molecular flexibility index (Phi) is 3.90. The van der Waals surface area contributed by atoms with Gasteiger partial charge in [-0.3, -0.25) is 9.48 Å². The maximum Gasteiger partial charge on any atom is 0.227 e. The molecule has 1 aliphatic rings. The third kappa shape index (κ3) is 2.52. The number of carbonyl (C=O) groups excluding carboxylic acids is 1. The lowest BCUT2D eigenvalue weighted by Crippen LogP contribution is -2.31. The van der Waals surface area contributed by atoms with Gasteiger partial charge in [0.25, 0.3) is 0 Å². The summed E-state index contributed by atoms with van der Waals surface area (Å²) in [7, 11) is 3.58. The van der Waals surface area contributed by atoms with Gasteiger partial charge in [-0.15, -0.1) is 0 Å². The lowest BCUT2D eigenvalue weighted by molar-refractivity contribution is -0.118. The number of carbonyl (C=O) groups is 1. The van der Waals surface area contributed by atoms with E-state index in [0.717, 1.165) is 28.1 Å². The normalized spacial score (nSPS) is 14.1. The van der Waals surface area contributed by atoms with Crippen molar-refractivity contribution in [2.75, 3.05) is 11.9 Å². The Labute approximate surface area is 145 Å². The second kappa shape index (κ2) is 5.62. The average Bonchev–Trinajstić information content (AvgIpc) is 2.77. The standard InChI is InChI=1S/C16H17ClN4OS/c1-8-14(19-21(3)15(8)16(18)23)10-7-12-9(6-11(10)17)4-5-13(22)20(12)2/h6-7H,4-5H2,1-3H3,(H2,18,23). The summed E-state index contributed by atoms with van der Waals surface area (Å²) in [6, 6.07) is 3.84. The highest BCUT2D eigenvalue weighted by atomic mass is 35.5. The van der Waals surface area contributed by atoms with Crippen molar-refractivity contribution in [2.45, 2.75) is 19.8 Å². The zero-order valence-electron chi connectivity index (χ0n) is 13.2. The molecule has 0 aliphatic carbocycles. The number of anilines is 1. The first-order chi connectivity index (χ1) is 10.8. The molecule has 1 aromatic heterocycles. The topological polar surface area (TPSA) is 64.2 Å². The van der Waals surface area contributed by atoms with Crippen LogP contribution in [0.25, 0.3) is 11.3 Å². The van der Waals surface area contributed by atoms with Crippen LogP contribution in [0, 0.1) is 6.92 Å². The number of thiocarbonyl (C=S) groups is 1. The van der Waals surface area contributed by atoms with E-state index in [9.17, 15) is 4.79 Å². The number of rotatable bonds is 2. The Morgan fingerprint density at radius 1 is 1.35 bits per heavy atom. The number of fused-ring (bicyclic) bond motifs is 1. The first-order valence-electron chi connectivity index (χ1n) is 7.24. The molecule has 0 fully saturated rings. The van der Waals surface area contributed by atoms with E-state index in [1.54, 1.807) is 23.7 Å². The summed E-state index contributed by atoms with van der Waals surface area (Å²) in [5.41, 5.74) is 10.8. The largest absolute Gasteiger partial charge is 0.388 e. The molecule has 2 aromatic rings. The predicted octanol–water partition coefficient (Wildman–Crippen LogP) is 2.59. The van der Waals surface area contributed by atoms with Gasteiger partial charge in [-0.1, -0.05) is 23.8 Å². The number of nitrogens with two attached hydrogens (primary N) is 1. The van der Waals surface area contributed by atoms with Crippen molar-refractivity contribution in [1.29, 1.82) is 0 Å². The smallest absolute Gasteiger partial charge is 0.227 e. The van der Waals surface area contributed by atoms with Gasteiger partial charge in [-0.05, 0) is 31.0 Å². The van der Waals surface area contributed by atoms with Crippen LogP contribution in [-0.4, -0.2) is 27.7 Å². The molecule has 0 spiro atoms. The van der Waals surface area contributed by atoms with Crippen LogP contribution in [0.2, 0.25) is 5.02 Å². The summed E-state index contributed by atoms with van der Waals surface area (Å²) in [6.07, 6.45) is 1.21. The second-order valence-electron chi connectivity index (χ2n) is 5.72. The minimum Gasteiger partial charge on any atom is -0.388 e. The maximum absolute atomic E-state index is 11.9. The molecule has 0 saturated carbocycles. The molecule has 0 bridgehead atoms. The van der Waals surface area contributed by atoms with Gasteiger partial charge in [-0.2, -0.15) is 5.10 Å². The van der Waals surface area contributed by atoms with Crippen LogP contribution in [-0.2, 0) is 18.3 Å². The quantitative estimate of drug-likeness (QED) is 0.847. The zero-order chi connectivity index (χ0) is 16.9. The van der Waals surface area contributed by atoms with Crippen molar-refractivity contribution in [3.63, 3.8) is 0 Å². The molecule has 23 heavy (non-hydrogen) atoms. The maximum atomic E-state index is 11.9. The molecule has 3 rings (SSSR count). The molecule has 120 valence electrons. The average molecular weight is 349 g/mol.